The average Bonchev–Trinajstić information content (AvgIpc) is 3.51. The third kappa shape index (κ3) is 4.98. The second kappa shape index (κ2) is 8.70. The summed E-state index contributed by atoms with van der Waals surface area (Å²) in [5, 5.41) is 0. The van der Waals surface area contributed by atoms with Crippen molar-refractivity contribution in [2.24, 2.45) is 0 Å². The van der Waals surface area contributed by atoms with Crippen LogP contribution in [0.15, 0.2) is 41.3 Å². The third-order valence-corrected chi connectivity index (χ3v) is 5.97. The van der Waals surface area contributed by atoms with Gasteiger partial charge in [-0.2, -0.15) is 0 Å². The molecule has 1 amide bonds. The molecule has 0 heterocycles. The Morgan fingerprint density at radius 3 is 2.56 bits per heavy atom. The number of amides is 1. The van der Waals surface area contributed by atoms with Crippen LogP contribution in [-0.2, 0) is 11.3 Å². The predicted molar refractivity (Wildman–Crippen MR) is 110 cm³/mol. The van der Waals surface area contributed by atoms with E-state index < -0.39 is 0 Å². The number of aryl methyl sites for hydroxylation is 2. The molecule has 2 aromatic carbocycles. The molecule has 1 aliphatic rings. The maximum absolute atomic E-state index is 13.0. The molecule has 1 aliphatic carbocycles. The van der Waals surface area contributed by atoms with Crippen LogP contribution in [-0.4, -0.2) is 36.8 Å². The maximum Gasteiger partial charge on any atom is 0.233 e. The molecule has 3 rings (SSSR count). The summed E-state index contributed by atoms with van der Waals surface area (Å²) < 4.78 is 10.8. The smallest absolute Gasteiger partial charge is 0.233 e. The number of benzene rings is 2. The average molecular weight is 386 g/mol. The molecule has 0 bridgehead atoms. The summed E-state index contributed by atoms with van der Waals surface area (Å²) in [5.41, 5.74) is 3.41. The minimum absolute atomic E-state index is 0.174. The van der Waals surface area contributed by atoms with Gasteiger partial charge in [-0.25, -0.2) is 0 Å². The molecule has 5 heteroatoms. The molecule has 0 atom stereocenters. The number of thioether (sulfide) groups is 1. The molecule has 0 N–H and O–H groups in total. The largest absolute Gasteiger partial charge is 0.497 e. The highest BCUT2D eigenvalue weighted by atomic mass is 32.2. The summed E-state index contributed by atoms with van der Waals surface area (Å²) in [4.78, 5) is 16.2. The molecule has 27 heavy (non-hydrogen) atoms. The molecule has 0 unspecified atom stereocenters. The molecule has 0 radical (unpaired) electrons. The van der Waals surface area contributed by atoms with Gasteiger partial charge in [0.05, 0.1) is 20.0 Å². The van der Waals surface area contributed by atoms with E-state index in [0.29, 0.717) is 18.3 Å². The van der Waals surface area contributed by atoms with Crippen LogP contribution in [0.4, 0.5) is 0 Å². The van der Waals surface area contributed by atoms with Crippen LogP contribution in [0.1, 0.15) is 29.5 Å². The third-order valence-electron chi connectivity index (χ3n) is 4.83. The van der Waals surface area contributed by atoms with Crippen LogP contribution in [0.2, 0.25) is 0 Å². The Hall–Kier alpha value is -2.14. The van der Waals surface area contributed by atoms with Crippen molar-refractivity contribution in [3.05, 3.63) is 53.1 Å². The lowest BCUT2D eigenvalue weighted by Crippen LogP contribution is -2.34. The van der Waals surface area contributed by atoms with Crippen LogP contribution >= 0.6 is 11.8 Å². The highest BCUT2D eigenvalue weighted by molar-refractivity contribution is 8.00. The minimum atomic E-state index is 0.174. The number of nitrogens with zero attached hydrogens (tertiary/aromatic N) is 1. The van der Waals surface area contributed by atoms with E-state index in [1.165, 1.54) is 16.0 Å². The van der Waals surface area contributed by atoms with Gasteiger partial charge < -0.3 is 14.4 Å². The van der Waals surface area contributed by atoms with Gasteiger partial charge in [0.2, 0.25) is 5.91 Å². The minimum Gasteiger partial charge on any atom is -0.497 e. The van der Waals surface area contributed by atoms with Gasteiger partial charge in [0.1, 0.15) is 11.5 Å². The fourth-order valence-electron chi connectivity index (χ4n) is 3.08. The zero-order valence-corrected chi connectivity index (χ0v) is 17.3. The first-order chi connectivity index (χ1) is 13.0. The van der Waals surface area contributed by atoms with Crippen LogP contribution in [0.3, 0.4) is 0 Å². The molecular formula is C22H27NO3S. The monoisotopic (exact) mass is 385 g/mol. The molecule has 0 aromatic heterocycles. The van der Waals surface area contributed by atoms with E-state index in [2.05, 4.69) is 32.0 Å². The molecule has 144 valence electrons. The zero-order chi connectivity index (χ0) is 19.4. The van der Waals surface area contributed by atoms with Crippen molar-refractivity contribution >= 4 is 17.7 Å². The van der Waals surface area contributed by atoms with Crippen molar-refractivity contribution in [3.8, 4) is 11.5 Å². The first kappa shape index (κ1) is 19.6. The second-order valence-electron chi connectivity index (χ2n) is 6.99. The van der Waals surface area contributed by atoms with Crippen molar-refractivity contribution in [1.29, 1.82) is 0 Å². The second-order valence-corrected chi connectivity index (χ2v) is 8.01. The van der Waals surface area contributed by atoms with Crippen LogP contribution < -0.4 is 9.47 Å². The molecule has 0 saturated heterocycles. The van der Waals surface area contributed by atoms with Gasteiger partial charge in [-0.15, -0.1) is 11.8 Å². The summed E-state index contributed by atoms with van der Waals surface area (Å²) in [6.07, 6.45) is 2.15. The first-order valence-corrected chi connectivity index (χ1v) is 10.2. The molecule has 1 fully saturated rings. The Morgan fingerprint density at radius 2 is 1.89 bits per heavy atom. The number of carbonyl (C=O) groups is 1. The SMILES string of the molecule is COc1ccc(OC)c(CN(C(=O)CSc2cc(C)ccc2C)C2CC2)c1. The maximum atomic E-state index is 13.0. The zero-order valence-electron chi connectivity index (χ0n) is 16.5. The highest BCUT2D eigenvalue weighted by Gasteiger charge is 2.33. The molecule has 2 aromatic rings. The van der Waals surface area contributed by atoms with Crippen molar-refractivity contribution in [2.75, 3.05) is 20.0 Å². The van der Waals surface area contributed by atoms with Gasteiger partial charge in [0, 0.05) is 23.0 Å². The van der Waals surface area contributed by atoms with Gasteiger partial charge in [0.25, 0.3) is 0 Å². The van der Waals surface area contributed by atoms with E-state index in [0.717, 1.165) is 29.9 Å². The molecule has 4 nitrogen and oxygen atoms in total. The number of methoxy groups -OCH3 is 2. The first-order valence-electron chi connectivity index (χ1n) is 9.22. The van der Waals surface area contributed by atoms with Crippen molar-refractivity contribution in [1.82, 2.24) is 4.90 Å². The summed E-state index contributed by atoms with van der Waals surface area (Å²) in [5.74, 6) is 2.19. The Kier molecular flexibility index (Phi) is 6.32. The van der Waals surface area contributed by atoms with Crippen molar-refractivity contribution in [2.45, 2.75) is 44.2 Å². The van der Waals surface area contributed by atoms with E-state index in [1.54, 1.807) is 26.0 Å². The lowest BCUT2D eigenvalue weighted by atomic mass is 10.1. The van der Waals surface area contributed by atoms with E-state index in [9.17, 15) is 4.79 Å². The van der Waals surface area contributed by atoms with E-state index >= 15 is 0 Å². The fourth-order valence-corrected chi connectivity index (χ4v) is 4.09. The van der Waals surface area contributed by atoms with Gasteiger partial charge in [-0.05, 0) is 56.5 Å². The lowest BCUT2D eigenvalue weighted by Gasteiger charge is -2.24. The van der Waals surface area contributed by atoms with Crippen molar-refractivity contribution in [3.63, 3.8) is 0 Å². The fraction of sp³-hybridized carbons (Fsp3) is 0.409. The quantitative estimate of drug-likeness (QED) is 0.622. The summed E-state index contributed by atoms with van der Waals surface area (Å²) in [6.45, 7) is 4.72. The lowest BCUT2D eigenvalue weighted by molar-refractivity contribution is -0.129. The summed E-state index contributed by atoms with van der Waals surface area (Å²) in [7, 11) is 3.31. The standard InChI is InChI=1S/C22H27NO3S/c1-15-5-6-16(2)21(11-15)27-14-22(24)23(18-7-8-18)13-17-12-19(25-3)9-10-20(17)26-4/h5-6,9-12,18H,7-8,13-14H2,1-4H3. The molecular weight excluding hydrogens is 358 g/mol. The Labute approximate surface area is 165 Å². The van der Waals surface area contributed by atoms with E-state index in [-0.39, 0.29) is 5.91 Å². The molecule has 1 saturated carbocycles. The summed E-state index contributed by atoms with van der Waals surface area (Å²) in [6, 6.07) is 12.4. The Bertz CT molecular complexity index is 817. The van der Waals surface area contributed by atoms with Crippen LogP contribution in [0.25, 0.3) is 0 Å². The number of carbonyl (C=O) groups excluding carboxylic acids is 1. The normalized spacial score (nSPS) is 13.3. The number of hydrogen-bond acceptors (Lipinski definition) is 4. The van der Waals surface area contributed by atoms with E-state index in [1.807, 2.05) is 23.1 Å². The van der Waals surface area contributed by atoms with Crippen molar-refractivity contribution < 1.29 is 14.3 Å². The summed E-state index contributed by atoms with van der Waals surface area (Å²) >= 11 is 1.62. The van der Waals surface area contributed by atoms with Gasteiger partial charge >= 0.3 is 0 Å². The number of hydrogen-bond donors (Lipinski definition) is 0. The Balaban J connectivity index is 1.72. The van der Waals surface area contributed by atoms with Gasteiger partial charge in [-0.1, -0.05) is 17.7 Å². The molecule has 0 aliphatic heterocycles. The number of ether oxygens (including phenoxy) is 2. The van der Waals surface area contributed by atoms with Crippen LogP contribution in [0, 0.1) is 13.8 Å². The predicted octanol–water partition coefficient (Wildman–Crippen LogP) is 4.60. The topological polar surface area (TPSA) is 38.8 Å². The highest BCUT2D eigenvalue weighted by Crippen LogP contribution is 2.33. The van der Waals surface area contributed by atoms with Gasteiger partial charge in [-0.3, -0.25) is 4.79 Å². The van der Waals surface area contributed by atoms with E-state index in [4.69, 9.17) is 9.47 Å². The Morgan fingerprint density at radius 1 is 1.11 bits per heavy atom. The van der Waals surface area contributed by atoms with Gasteiger partial charge in [0.15, 0.2) is 0 Å². The van der Waals surface area contributed by atoms with Crippen LogP contribution in [0.5, 0.6) is 11.5 Å². The number of rotatable bonds is 8. The molecule has 0 spiro atoms.